The van der Waals surface area contributed by atoms with E-state index >= 15 is 0 Å². The Bertz CT molecular complexity index is 604. The van der Waals surface area contributed by atoms with Gasteiger partial charge in [0.05, 0.1) is 0 Å². The van der Waals surface area contributed by atoms with Crippen molar-refractivity contribution >= 4 is 35.4 Å². The number of piperidine rings is 1. The van der Waals surface area contributed by atoms with Crippen molar-refractivity contribution in [2.75, 3.05) is 7.05 Å². The van der Waals surface area contributed by atoms with Crippen molar-refractivity contribution in [3.63, 3.8) is 0 Å². The molecule has 0 spiro atoms. The van der Waals surface area contributed by atoms with Gasteiger partial charge in [-0.3, -0.25) is 9.59 Å². The van der Waals surface area contributed by atoms with Gasteiger partial charge in [0, 0.05) is 53.3 Å². The van der Waals surface area contributed by atoms with Gasteiger partial charge in [0.1, 0.15) is 0 Å². The summed E-state index contributed by atoms with van der Waals surface area (Å²) in [5, 5.41) is 3.60. The number of carbonyl (C=O) groups is 2. The predicted molar refractivity (Wildman–Crippen MR) is 100 cm³/mol. The molecule has 0 radical (unpaired) electrons. The van der Waals surface area contributed by atoms with Crippen LogP contribution in [0.1, 0.15) is 58.6 Å². The standard InChI is InChI=1S/C18H26N2O2S.ClH/c1-11-8-16(12(2)23-11)17(21)6-7-18(22)20(3)15-9-13-4-5-14(10-15)19-13;/h8,13-15,19H,4-7,9-10H2,1-3H3;1H. The molecule has 1 aromatic heterocycles. The first-order chi connectivity index (χ1) is 10.9. The van der Waals surface area contributed by atoms with Gasteiger partial charge in [-0.15, -0.1) is 23.7 Å². The minimum Gasteiger partial charge on any atom is -0.343 e. The second kappa shape index (κ2) is 7.98. The van der Waals surface area contributed by atoms with Gasteiger partial charge in [-0.1, -0.05) is 0 Å². The van der Waals surface area contributed by atoms with Crippen molar-refractivity contribution in [2.45, 2.75) is 70.5 Å². The molecular weight excluding hydrogens is 344 g/mol. The lowest BCUT2D eigenvalue weighted by Crippen LogP contribution is -2.48. The second-order valence-electron chi connectivity index (χ2n) is 7.02. The second-order valence-corrected chi connectivity index (χ2v) is 8.48. The summed E-state index contributed by atoms with van der Waals surface area (Å²) in [6.45, 7) is 3.99. The van der Waals surface area contributed by atoms with E-state index in [0.29, 0.717) is 31.0 Å². The molecule has 3 heterocycles. The van der Waals surface area contributed by atoms with Crippen molar-refractivity contribution in [3.05, 3.63) is 21.4 Å². The van der Waals surface area contributed by atoms with E-state index in [4.69, 9.17) is 0 Å². The summed E-state index contributed by atoms with van der Waals surface area (Å²) in [4.78, 5) is 28.9. The maximum atomic E-state index is 12.5. The molecule has 1 amide bonds. The van der Waals surface area contributed by atoms with E-state index in [1.807, 2.05) is 31.9 Å². The molecule has 24 heavy (non-hydrogen) atoms. The van der Waals surface area contributed by atoms with Crippen LogP contribution in [0.25, 0.3) is 0 Å². The molecule has 0 saturated carbocycles. The van der Waals surface area contributed by atoms with Gasteiger partial charge in [0.25, 0.3) is 0 Å². The lowest BCUT2D eigenvalue weighted by Gasteiger charge is -2.35. The van der Waals surface area contributed by atoms with Crippen LogP contribution in [0.2, 0.25) is 0 Å². The van der Waals surface area contributed by atoms with Gasteiger partial charge in [-0.25, -0.2) is 0 Å². The molecular formula is C18H27ClN2O2S. The molecule has 1 aromatic rings. The third-order valence-corrected chi connectivity index (χ3v) is 6.26. The van der Waals surface area contributed by atoms with E-state index in [2.05, 4.69) is 5.32 Å². The highest BCUT2D eigenvalue weighted by molar-refractivity contribution is 7.12. The van der Waals surface area contributed by atoms with E-state index < -0.39 is 0 Å². The maximum Gasteiger partial charge on any atom is 0.223 e. The number of fused-ring (bicyclic) bond motifs is 2. The first-order valence-corrected chi connectivity index (χ1v) is 9.37. The molecule has 4 nitrogen and oxygen atoms in total. The van der Waals surface area contributed by atoms with Gasteiger partial charge >= 0.3 is 0 Å². The predicted octanol–water partition coefficient (Wildman–Crippen LogP) is 3.49. The monoisotopic (exact) mass is 370 g/mol. The van der Waals surface area contributed by atoms with Crippen molar-refractivity contribution < 1.29 is 9.59 Å². The minimum absolute atomic E-state index is 0. The Morgan fingerprint density at radius 1 is 1.21 bits per heavy atom. The molecule has 2 aliphatic rings. The van der Waals surface area contributed by atoms with Crippen LogP contribution < -0.4 is 5.32 Å². The molecule has 2 aliphatic heterocycles. The summed E-state index contributed by atoms with van der Waals surface area (Å²) in [6, 6.07) is 3.43. The number of nitrogens with one attached hydrogen (secondary N) is 1. The SMILES string of the molecule is Cc1cc(C(=O)CCC(=O)N(C)C2CC3CCC(C2)N3)c(C)s1.Cl. The molecule has 134 valence electrons. The summed E-state index contributed by atoms with van der Waals surface area (Å²) in [5.74, 6) is 0.202. The third-order valence-electron chi connectivity index (χ3n) is 5.30. The number of Topliss-reactive ketones (excluding diaryl/α,β-unsaturated/α-hetero) is 1. The minimum atomic E-state index is 0. The van der Waals surface area contributed by atoms with Crippen LogP contribution in [0.15, 0.2) is 6.07 Å². The molecule has 2 fully saturated rings. The van der Waals surface area contributed by atoms with Crippen LogP contribution in [-0.2, 0) is 4.79 Å². The van der Waals surface area contributed by atoms with Gasteiger partial charge in [-0.05, 0) is 45.6 Å². The summed E-state index contributed by atoms with van der Waals surface area (Å²) < 4.78 is 0. The van der Waals surface area contributed by atoms with Crippen molar-refractivity contribution in [1.29, 1.82) is 0 Å². The number of aryl methyl sites for hydroxylation is 2. The van der Waals surface area contributed by atoms with Gasteiger partial charge < -0.3 is 10.2 Å². The lowest BCUT2D eigenvalue weighted by molar-refractivity contribution is -0.132. The Hall–Kier alpha value is -0.910. The topological polar surface area (TPSA) is 49.4 Å². The average Bonchev–Trinajstić information content (AvgIpc) is 3.04. The van der Waals surface area contributed by atoms with Gasteiger partial charge in [0.2, 0.25) is 5.91 Å². The highest BCUT2D eigenvalue weighted by Crippen LogP contribution is 2.29. The molecule has 1 N–H and O–H groups in total. The van der Waals surface area contributed by atoms with E-state index in [0.717, 1.165) is 28.2 Å². The highest BCUT2D eigenvalue weighted by atomic mass is 35.5. The van der Waals surface area contributed by atoms with Crippen molar-refractivity contribution in [1.82, 2.24) is 10.2 Å². The molecule has 2 unspecified atom stereocenters. The zero-order valence-electron chi connectivity index (χ0n) is 14.6. The number of hydrogen-bond acceptors (Lipinski definition) is 4. The fourth-order valence-corrected chi connectivity index (χ4v) is 4.93. The summed E-state index contributed by atoms with van der Waals surface area (Å²) in [5.41, 5.74) is 0.794. The Labute approximate surface area is 154 Å². The molecule has 3 rings (SSSR count). The molecule has 2 bridgehead atoms. The Morgan fingerprint density at radius 2 is 1.83 bits per heavy atom. The van der Waals surface area contributed by atoms with Crippen LogP contribution in [0.5, 0.6) is 0 Å². The van der Waals surface area contributed by atoms with Crippen LogP contribution >= 0.6 is 23.7 Å². The van der Waals surface area contributed by atoms with Crippen molar-refractivity contribution in [2.24, 2.45) is 0 Å². The van der Waals surface area contributed by atoms with E-state index in [1.165, 1.54) is 12.8 Å². The Kier molecular flexibility index (Phi) is 6.46. The summed E-state index contributed by atoms with van der Waals surface area (Å²) in [7, 11) is 1.90. The number of hydrogen-bond donors (Lipinski definition) is 1. The number of thiophene rings is 1. The van der Waals surface area contributed by atoms with Gasteiger partial charge in [0.15, 0.2) is 5.78 Å². The molecule has 2 saturated heterocycles. The maximum absolute atomic E-state index is 12.5. The van der Waals surface area contributed by atoms with Gasteiger partial charge in [-0.2, -0.15) is 0 Å². The van der Waals surface area contributed by atoms with Crippen LogP contribution in [0.3, 0.4) is 0 Å². The normalized spacial score (nSPS) is 25.2. The van der Waals surface area contributed by atoms with Crippen LogP contribution in [0, 0.1) is 13.8 Å². The highest BCUT2D eigenvalue weighted by Gasteiger charge is 2.36. The molecule has 6 heteroatoms. The number of ketones is 1. The number of amides is 1. The quantitative estimate of drug-likeness (QED) is 0.807. The Morgan fingerprint density at radius 3 is 2.38 bits per heavy atom. The fourth-order valence-electron chi connectivity index (χ4n) is 3.99. The van der Waals surface area contributed by atoms with Crippen molar-refractivity contribution in [3.8, 4) is 0 Å². The Balaban J connectivity index is 0.00000208. The van der Waals surface area contributed by atoms with Crippen LogP contribution in [0.4, 0.5) is 0 Å². The molecule has 2 atom stereocenters. The average molecular weight is 371 g/mol. The summed E-state index contributed by atoms with van der Waals surface area (Å²) in [6.07, 6.45) is 5.21. The smallest absolute Gasteiger partial charge is 0.223 e. The number of nitrogens with zero attached hydrogens (tertiary/aromatic N) is 1. The first-order valence-electron chi connectivity index (χ1n) is 8.56. The first kappa shape index (κ1) is 19.4. The number of halogens is 1. The van der Waals surface area contributed by atoms with E-state index in [-0.39, 0.29) is 24.1 Å². The van der Waals surface area contributed by atoms with E-state index in [1.54, 1.807) is 11.3 Å². The number of rotatable bonds is 5. The summed E-state index contributed by atoms with van der Waals surface area (Å²) >= 11 is 1.65. The van der Waals surface area contributed by atoms with Crippen LogP contribution in [-0.4, -0.2) is 41.8 Å². The fraction of sp³-hybridized carbons (Fsp3) is 0.667. The lowest BCUT2D eigenvalue weighted by atomic mass is 9.98. The largest absolute Gasteiger partial charge is 0.343 e. The van der Waals surface area contributed by atoms with E-state index in [9.17, 15) is 9.59 Å². The zero-order chi connectivity index (χ0) is 16.6. The zero-order valence-corrected chi connectivity index (χ0v) is 16.3. The number of carbonyl (C=O) groups excluding carboxylic acids is 2. The molecule has 0 aromatic carbocycles. The third kappa shape index (κ3) is 4.19. The molecule has 0 aliphatic carbocycles.